The van der Waals surface area contributed by atoms with Crippen LogP contribution in [0.5, 0.6) is 0 Å². The molecule has 2 aromatic rings. The molecule has 0 saturated heterocycles. The lowest BCUT2D eigenvalue weighted by molar-refractivity contribution is -0.119. The SMILES string of the molecule is CCN(CC)S(=O)(=O)c1cc(NC(=O)COC(=O)c2cnn(C)c2C)ccc1C. The summed E-state index contributed by atoms with van der Waals surface area (Å²) in [7, 11) is -1.97. The average molecular weight is 423 g/mol. The molecule has 1 amide bonds. The van der Waals surface area contributed by atoms with Crippen molar-refractivity contribution in [2.24, 2.45) is 7.05 Å². The molecule has 158 valence electrons. The van der Waals surface area contributed by atoms with Crippen molar-refractivity contribution in [2.75, 3.05) is 25.0 Å². The van der Waals surface area contributed by atoms with Crippen molar-refractivity contribution in [1.82, 2.24) is 14.1 Å². The van der Waals surface area contributed by atoms with E-state index < -0.39 is 28.5 Å². The molecule has 1 heterocycles. The second-order valence-electron chi connectivity index (χ2n) is 6.46. The quantitative estimate of drug-likeness (QED) is 0.650. The van der Waals surface area contributed by atoms with Crippen LogP contribution in [-0.4, -0.2) is 54.1 Å². The molecule has 1 aromatic carbocycles. The second-order valence-corrected chi connectivity index (χ2v) is 8.37. The van der Waals surface area contributed by atoms with E-state index in [0.717, 1.165) is 0 Å². The van der Waals surface area contributed by atoms with Crippen molar-refractivity contribution in [3.8, 4) is 0 Å². The van der Waals surface area contributed by atoms with Gasteiger partial charge in [0.05, 0.1) is 11.1 Å². The molecular formula is C19H26N4O5S. The number of amides is 1. The maximum atomic E-state index is 12.8. The van der Waals surface area contributed by atoms with E-state index in [0.29, 0.717) is 30.0 Å². The van der Waals surface area contributed by atoms with Gasteiger partial charge < -0.3 is 10.1 Å². The monoisotopic (exact) mass is 422 g/mol. The van der Waals surface area contributed by atoms with Crippen LogP contribution < -0.4 is 5.32 Å². The van der Waals surface area contributed by atoms with E-state index in [4.69, 9.17) is 4.74 Å². The van der Waals surface area contributed by atoms with Crippen molar-refractivity contribution < 1.29 is 22.7 Å². The molecule has 0 atom stereocenters. The minimum atomic E-state index is -3.67. The zero-order valence-electron chi connectivity index (χ0n) is 17.2. The van der Waals surface area contributed by atoms with E-state index in [1.165, 1.54) is 21.3 Å². The van der Waals surface area contributed by atoms with Gasteiger partial charge in [-0.1, -0.05) is 19.9 Å². The number of hydrogen-bond acceptors (Lipinski definition) is 6. The van der Waals surface area contributed by atoms with Gasteiger partial charge in [-0.3, -0.25) is 9.48 Å². The van der Waals surface area contributed by atoms with Crippen LogP contribution in [0.4, 0.5) is 5.69 Å². The van der Waals surface area contributed by atoms with Crippen LogP contribution in [0.15, 0.2) is 29.3 Å². The fourth-order valence-corrected chi connectivity index (χ4v) is 4.47. The van der Waals surface area contributed by atoms with E-state index in [-0.39, 0.29) is 10.5 Å². The number of nitrogens with one attached hydrogen (secondary N) is 1. The van der Waals surface area contributed by atoms with Crippen LogP contribution in [0.2, 0.25) is 0 Å². The average Bonchev–Trinajstić information content (AvgIpc) is 3.01. The van der Waals surface area contributed by atoms with Gasteiger partial charge in [-0.15, -0.1) is 0 Å². The Labute approximate surface area is 170 Å². The molecule has 0 fully saturated rings. The lowest BCUT2D eigenvalue weighted by atomic mass is 10.2. The van der Waals surface area contributed by atoms with Crippen molar-refractivity contribution in [1.29, 1.82) is 0 Å². The highest BCUT2D eigenvalue weighted by Gasteiger charge is 2.24. The summed E-state index contributed by atoms with van der Waals surface area (Å²) in [6, 6.07) is 4.63. The van der Waals surface area contributed by atoms with Gasteiger partial charge in [0.15, 0.2) is 6.61 Å². The van der Waals surface area contributed by atoms with Crippen LogP contribution in [-0.2, 0) is 26.6 Å². The number of aryl methyl sites for hydroxylation is 2. The summed E-state index contributed by atoms with van der Waals surface area (Å²) in [5.74, 6) is -1.23. The van der Waals surface area contributed by atoms with Gasteiger partial charge >= 0.3 is 5.97 Å². The number of carbonyl (C=O) groups excluding carboxylic acids is 2. The van der Waals surface area contributed by atoms with Crippen molar-refractivity contribution >= 4 is 27.6 Å². The largest absolute Gasteiger partial charge is 0.452 e. The molecular weight excluding hydrogens is 396 g/mol. The minimum Gasteiger partial charge on any atom is -0.452 e. The molecule has 10 heteroatoms. The molecule has 0 aliphatic carbocycles. The maximum Gasteiger partial charge on any atom is 0.342 e. The second kappa shape index (κ2) is 9.19. The molecule has 1 N–H and O–H groups in total. The van der Waals surface area contributed by atoms with E-state index >= 15 is 0 Å². The minimum absolute atomic E-state index is 0.127. The van der Waals surface area contributed by atoms with Gasteiger partial charge in [-0.25, -0.2) is 13.2 Å². The Morgan fingerprint density at radius 1 is 1.21 bits per heavy atom. The third-order valence-corrected chi connectivity index (χ3v) is 6.78. The smallest absolute Gasteiger partial charge is 0.342 e. The summed E-state index contributed by atoms with van der Waals surface area (Å²) in [6.07, 6.45) is 1.37. The number of aromatic nitrogens is 2. The van der Waals surface area contributed by atoms with Crippen LogP contribution in [0.25, 0.3) is 0 Å². The highest BCUT2D eigenvalue weighted by atomic mass is 32.2. The first-order valence-electron chi connectivity index (χ1n) is 9.18. The summed E-state index contributed by atoms with van der Waals surface area (Å²) >= 11 is 0. The number of hydrogen-bond donors (Lipinski definition) is 1. The zero-order valence-corrected chi connectivity index (χ0v) is 18.0. The molecule has 9 nitrogen and oxygen atoms in total. The van der Waals surface area contributed by atoms with Crippen LogP contribution in [0, 0.1) is 13.8 Å². The Balaban J connectivity index is 2.09. The van der Waals surface area contributed by atoms with Crippen LogP contribution in [0.1, 0.15) is 35.5 Å². The molecule has 0 spiro atoms. The standard InChI is InChI=1S/C19H26N4O5S/c1-6-23(7-2)29(26,27)17-10-15(9-8-13(17)3)21-18(24)12-28-19(25)16-11-20-22(5)14(16)4/h8-11H,6-7,12H2,1-5H3,(H,21,24). The number of carbonyl (C=O) groups is 2. The lowest BCUT2D eigenvalue weighted by Gasteiger charge is -2.20. The van der Waals surface area contributed by atoms with Gasteiger partial charge in [0.25, 0.3) is 5.91 Å². The zero-order chi connectivity index (χ0) is 21.8. The van der Waals surface area contributed by atoms with Crippen LogP contribution in [0.3, 0.4) is 0 Å². The Hall–Kier alpha value is -2.72. The summed E-state index contributed by atoms with van der Waals surface area (Å²) in [6.45, 7) is 7.13. The fraction of sp³-hybridized carbons (Fsp3) is 0.421. The van der Waals surface area contributed by atoms with E-state index in [9.17, 15) is 18.0 Å². The summed E-state index contributed by atoms with van der Waals surface area (Å²) in [4.78, 5) is 24.4. The van der Waals surface area contributed by atoms with E-state index in [2.05, 4.69) is 10.4 Å². The predicted octanol–water partition coefficient (Wildman–Crippen LogP) is 1.86. The molecule has 0 aliphatic heterocycles. The molecule has 0 unspecified atom stereocenters. The van der Waals surface area contributed by atoms with Crippen LogP contribution >= 0.6 is 0 Å². The molecule has 29 heavy (non-hydrogen) atoms. The molecule has 0 bridgehead atoms. The molecule has 1 aromatic heterocycles. The van der Waals surface area contributed by atoms with Crippen molar-refractivity contribution in [3.05, 3.63) is 41.2 Å². The maximum absolute atomic E-state index is 12.8. The molecule has 0 aliphatic rings. The Kier molecular flexibility index (Phi) is 7.15. The first-order valence-corrected chi connectivity index (χ1v) is 10.6. The summed E-state index contributed by atoms with van der Waals surface area (Å²) in [5, 5.41) is 6.52. The first-order chi connectivity index (χ1) is 13.6. The lowest BCUT2D eigenvalue weighted by Crippen LogP contribution is -2.31. The van der Waals surface area contributed by atoms with Gasteiger partial charge in [0, 0.05) is 31.5 Å². The Bertz CT molecular complexity index is 1010. The predicted molar refractivity (Wildman–Crippen MR) is 108 cm³/mol. The first kappa shape index (κ1) is 22.6. The third-order valence-electron chi connectivity index (χ3n) is 4.58. The molecule has 0 saturated carbocycles. The van der Waals surface area contributed by atoms with Crippen molar-refractivity contribution in [2.45, 2.75) is 32.6 Å². The molecule has 2 rings (SSSR count). The number of nitrogens with zero attached hydrogens (tertiary/aromatic N) is 3. The van der Waals surface area contributed by atoms with Gasteiger partial charge in [0.1, 0.15) is 5.56 Å². The Morgan fingerprint density at radius 2 is 1.86 bits per heavy atom. The number of rotatable bonds is 8. The van der Waals surface area contributed by atoms with E-state index in [1.807, 2.05) is 0 Å². The number of sulfonamides is 1. The van der Waals surface area contributed by atoms with Gasteiger partial charge in [-0.05, 0) is 31.5 Å². The normalized spacial score (nSPS) is 11.5. The number of anilines is 1. The van der Waals surface area contributed by atoms with Crippen molar-refractivity contribution in [3.63, 3.8) is 0 Å². The van der Waals surface area contributed by atoms with Gasteiger partial charge in [0.2, 0.25) is 10.0 Å². The number of ether oxygens (including phenoxy) is 1. The number of esters is 1. The fourth-order valence-electron chi connectivity index (χ4n) is 2.76. The number of benzene rings is 1. The highest BCUT2D eigenvalue weighted by molar-refractivity contribution is 7.89. The topological polar surface area (TPSA) is 111 Å². The van der Waals surface area contributed by atoms with Gasteiger partial charge in [-0.2, -0.15) is 9.40 Å². The summed E-state index contributed by atoms with van der Waals surface area (Å²) in [5.41, 5.74) is 1.79. The highest BCUT2D eigenvalue weighted by Crippen LogP contribution is 2.23. The summed E-state index contributed by atoms with van der Waals surface area (Å²) < 4.78 is 33.5. The Morgan fingerprint density at radius 3 is 2.41 bits per heavy atom. The van der Waals surface area contributed by atoms with E-state index in [1.54, 1.807) is 46.9 Å². The molecule has 0 radical (unpaired) electrons. The third kappa shape index (κ3) is 5.01.